The van der Waals surface area contributed by atoms with Crippen LogP contribution in [0.1, 0.15) is 43.5 Å². The summed E-state index contributed by atoms with van der Waals surface area (Å²) in [5.74, 6) is 0.524. The molecule has 1 fully saturated rings. The molecule has 1 saturated heterocycles. The third-order valence-electron chi connectivity index (χ3n) is 4.48. The Hall–Kier alpha value is -1.59. The standard InChI is InChI=1S/C18H26ClN3O2/c1-3-21-18(24)15-10-14(19)6-7-16(15)22-17(23)9-12(2)13-5-4-8-20-11-13/h6-7,10,12-13,20H,3-5,8-9,11H2,1-2H3,(H,21,24)(H,22,23). The van der Waals surface area contributed by atoms with Gasteiger partial charge in [0.2, 0.25) is 5.91 Å². The number of hydrogen-bond acceptors (Lipinski definition) is 3. The Morgan fingerprint density at radius 3 is 2.88 bits per heavy atom. The minimum atomic E-state index is -0.236. The van der Waals surface area contributed by atoms with Crippen LogP contribution in [0, 0.1) is 11.8 Å². The second-order valence-electron chi connectivity index (χ2n) is 6.39. The summed E-state index contributed by atoms with van der Waals surface area (Å²) in [5.41, 5.74) is 0.897. The lowest BCUT2D eigenvalue weighted by Gasteiger charge is -2.28. The van der Waals surface area contributed by atoms with Crippen LogP contribution in [0.3, 0.4) is 0 Å². The molecule has 0 aliphatic carbocycles. The normalized spacial score (nSPS) is 18.7. The van der Waals surface area contributed by atoms with Crippen molar-refractivity contribution in [2.24, 2.45) is 11.8 Å². The number of anilines is 1. The lowest BCUT2D eigenvalue weighted by atomic mass is 9.85. The van der Waals surface area contributed by atoms with E-state index < -0.39 is 0 Å². The number of piperidine rings is 1. The summed E-state index contributed by atoms with van der Waals surface area (Å²) >= 11 is 5.98. The highest BCUT2D eigenvalue weighted by Crippen LogP contribution is 2.25. The van der Waals surface area contributed by atoms with Crippen molar-refractivity contribution in [1.29, 1.82) is 0 Å². The quantitative estimate of drug-likeness (QED) is 0.737. The summed E-state index contributed by atoms with van der Waals surface area (Å²) < 4.78 is 0. The van der Waals surface area contributed by atoms with Crippen LogP contribution in [0.2, 0.25) is 5.02 Å². The van der Waals surface area contributed by atoms with Crippen LogP contribution >= 0.6 is 11.6 Å². The van der Waals surface area contributed by atoms with Gasteiger partial charge in [-0.25, -0.2) is 0 Å². The molecule has 6 heteroatoms. The Bertz CT molecular complexity index is 586. The third-order valence-corrected chi connectivity index (χ3v) is 4.72. The molecule has 2 rings (SSSR count). The van der Waals surface area contributed by atoms with Crippen molar-refractivity contribution in [3.63, 3.8) is 0 Å². The first-order valence-electron chi connectivity index (χ1n) is 8.59. The topological polar surface area (TPSA) is 70.2 Å². The van der Waals surface area contributed by atoms with Gasteiger partial charge in [0, 0.05) is 18.0 Å². The predicted molar refractivity (Wildman–Crippen MR) is 97.5 cm³/mol. The van der Waals surface area contributed by atoms with E-state index in [9.17, 15) is 9.59 Å². The smallest absolute Gasteiger partial charge is 0.253 e. The fourth-order valence-electron chi connectivity index (χ4n) is 3.09. The fourth-order valence-corrected chi connectivity index (χ4v) is 3.27. The van der Waals surface area contributed by atoms with Gasteiger partial charge >= 0.3 is 0 Å². The number of nitrogens with one attached hydrogen (secondary N) is 3. The summed E-state index contributed by atoms with van der Waals surface area (Å²) in [4.78, 5) is 24.5. The summed E-state index contributed by atoms with van der Waals surface area (Å²) in [6, 6.07) is 4.93. The lowest BCUT2D eigenvalue weighted by Crippen LogP contribution is -2.34. The van der Waals surface area contributed by atoms with E-state index in [1.165, 1.54) is 0 Å². The first-order valence-corrected chi connectivity index (χ1v) is 8.97. The Balaban J connectivity index is 2.01. The van der Waals surface area contributed by atoms with Gasteiger partial charge in [0.25, 0.3) is 5.91 Å². The van der Waals surface area contributed by atoms with Crippen LogP contribution in [-0.4, -0.2) is 31.4 Å². The Kier molecular flexibility index (Phi) is 7.06. The van der Waals surface area contributed by atoms with E-state index in [0.29, 0.717) is 41.1 Å². The third kappa shape index (κ3) is 5.21. The van der Waals surface area contributed by atoms with Gasteiger partial charge in [0.1, 0.15) is 0 Å². The second-order valence-corrected chi connectivity index (χ2v) is 6.82. The summed E-state index contributed by atoms with van der Waals surface area (Å²) in [6.07, 6.45) is 2.77. The first kappa shape index (κ1) is 18.7. The molecule has 1 aliphatic rings. The van der Waals surface area contributed by atoms with E-state index >= 15 is 0 Å². The zero-order valence-corrected chi connectivity index (χ0v) is 15.1. The molecule has 1 aliphatic heterocycles. The number of benzene rings is 1. The maximum atomic E-state index is 12.4. The molecule has 5 nitrogen and oxygen atoms in total. The summed E-state index contributed by atoms with van der Waals surface area (Å²) in [7, 11) is 0. The summed E-state index contributed by atoms with van der Waals surface area (Å²) in [5, 5.41) is 9.46. The van der Waals surface area contributed by atoms with Crippen LogP contribution in [0.5, 0.6) is 0 Å². The number of halogens is 1. The van der Waals surface area contributed by atoms with Gasteiger partial charge in [-0.15, -0.1) is 0 Å². The molecule has 2 amide bonds. The molecule has 0 saturated carbocycles. The Morgan fingerprint density at radius 2 is 2.21 bits per heavy atom. The first-order chi connectivity index (χ1) is 11.5. The molecular weight excluding hydrogens is 326 g/mol. The number of rotatable bonds is 6. The highest BCUT2D eigenvalue weighted by Gasteiger charge is 2.22. The van der Waals surface area contributed by atoms with Crippen LogP contribution in [0.15, 0.2) is 18.2 Å². The largest absolute Gasteiger partial charge is 0.352 e. The van der Waals surface area contributed by atoms with Gasteiger partial charge in [-0.05, 0) is 62.9 Å². The fraction of sp³-hybridized carbons (Fsp3) is 0.556. The van der Waals surface area contributed by atoms with E-state index in [0.717, 1.165) is 25.9 Å². The van der Waals surface area contributed by atoms with Crippen molar-refractivity contribution in [1.82, 2.24) is 10.6 Å². The molecule has 0 aromatic heterocycles. The monoisotopic (exact) mass is 351 g/mol. The predicted octanol–water partition coefficient (Wildman–Crippen LogP) is 3.05. The zero-order valence-electron chi connectivity index (χ0n) is 14.3. The SMILES string of the molecule is CCNC(=O)c1cc(Cl)ccc1NC(=O)CC(C)C1CCCNC1. The molecule has 1 aromatic carbocycles. The van der Waals surface area contributed by atoms with Crippen molar-refractivity contribution in [2.75, 3.05) is 25.0 Å². The number of hydrogen-bond donors (Lipinski definition) is 3. The van der Waals surface area contributed by atoms with Gasteiger partial charge < -0.3 is 16.0 Å². The number of carbonyl (C=O) groups is 2. The van der Waals surface area contributed by atoms with Crippen LogP contribution in [0.4, 0.5) is 5.69 Å². The van der Waals surface area contributed by atoms with Gasteiger partial charge in [-0.2, -0.15) is 0 Å². The van der Waals surface area contributed by atoms with Gasteiger partial charge in [0.05, 0.1) is 11.3 Å². The second kappa shape index (κ2) is 9.04. The van der Waals surface area contributed by atoms with Crippen molar-refractivity contribution in [2.45, 2.75) is 33.1 Å². The maximum Gasteiger partial charge on any atom is 0.253 e. The van der Waals surface area contributed by atoms with E-state index in [4.69, 9.17) is 11.6 Å². The van der Waals surface area contributed by atoms with Gasteiger partial charge in [0.15, 0.2) is 0 Å². The van der Waals surface area contributed by atoms with Crippen molar-refractivity contribution in [3.8, 4) is 0 Å². The molecule has 0 bridgehead atoms. The van der Waals surface area contributed by atoms with Crippen LogP contribution in [-0.2, 0) is 4.79 Å². The van der Waals surface area contributed by atoms with E-state index in [-0.39, 0.29) is 11.8 Å². The molecule has 3 N–H and O–H groups in total. The lowest BCUT2D eigenvalue weighted by molar-refractivity contribution is -0.117. The van der Waals surface area contributed by atoms with Crippen molar-refractivity contribution >= 4 is 29.1 Å². The molecule has 2 unspecified atom stereocenters. The van der Waals surface area contributed by atoms with E-state index in [2.05, 4.69) is 22.9 Å². The van der Waals surface area contributed by atoms with Gasteiger partial charge in [-0.3, -0.25) is 9.59 Å². The highest BCUT2D eigenvalue weighted by atomic mass is 35.5. The average Bonchev–Trinajstić information content (AvgIpc) is 2.57. The van der Waals surface area contributed by atoms with Gasteiger partial charge in [-0.1, -0.05) is 18.5 Å². The molecule has 0 radical (unpaired) electrons. The van der Waals surface area contributed by atoms with Crippen molar-refractivity contribution in [3.05, 3.63) is 28.8 Å². The van der Waals surface area contributed by atoms with Crippen LogP contribution < -0.4 is 16.0 Å². The molecule has 24 heavy (non-hydrogen) atoms. The highest BCUT2D eigenvalue weighted by molar-refractivity contribution is 6.31. The Morgan fingerprint density at radius 1 is 1.42 bits per heavy atom. The molecule has 1 heterocycles. The van der Waals surface area contributed by atoms with E-state index in [1.54, 1.807) is 18.2 Å². The molecule has 2 atom stereocenters. The number of carbonyl (C=O) groups excluding carboxylic acids is 2. The average molecular weight is 352 g/mol. The Labute approximate surface area is 148 Å². The van der Waals surface area contributed by atoms with E-state index in [1.807, 2.05) is 6.92 Å². The zero-order chi connectivity index (χ0) is 17.5. The maximum absolute atomic E-state index is 12.4. The number of amides is 2. The minimum absolute atomic E-state index is 0.0686. The molecule has 0 spiro atoms. The van der Waals surface area contributed by atoms with Crippen LogP contribution in [0.25, 0.3) is 0 Å². The molecule has 132 valence electrons. The molecule has 1 aromatic rings. The minimum Gasteiger partial charge on any atom is -0.352 e. The molecular formula is C18H26ClN3O2. The summed E-state index contributed by atoms with van der Waals surface area (Å²) in [6.45, 7) is 6.52. The van der Waals surface area contributed by atoms with Crippen molar-refractivity contribution < 1.29 is 9.59 Å².